The third kappa shape index (κ3) is 2.68. The molecule has 0 spiro atoms. The zero-order valence-corrected chi connectivity index (χ0v) is 12.8. The molecule has 0 aliphatic carbocycles. The van der Waals surface area contributed by atoms with E-state index < -0.39 is 0 Å². The van der Waals surface area contributed by atoms with Crippen LogP contribution in [0.4, 0.5) is 4.39 Å². The van der Waals surface area contributed by atoms with Crippen LogP contribution in [0, 0.1) is 5.82 Å². The summed E-state index contributed by atoms with van der Waals surface area (Å²) in [5.41, 5.74) is 1.27. The number of rotatable bonds is 3. The van der Waals surface area contributed by atoms with Gasteiger partial charge in [0.2, 0.25) is 0 Å². The van der Waals surface area contributed by atoms with Crippen LogP contribution in [0.15, 0.2) is 48.5 Å². The van der Waals surface area contributed by atoms with Gasteiger partial charge in [-0.2, -0.15) is 0 Å². The van der Waals surface area contributed by atoms with Gasteiger partial charge in [0.25, 0.3) is 5.88 Å². The lowest BCUT2D eigenvalue weighted by molar-refractivity contribution is -0.0747. The Morgan fingerprint density at radius 1 is 0.913 bits per heavy atom. The van der Waals surface area contributed by atoms with Crippen molar-refractivity contribution in [2.24, 2.45) is 0 Å². The van der Waals surface area contributed by atoms with Gasteiger partial charge in [0.05, 0.1) is 10.9 Å². The van der Waals surface area contributed by atoms with Crippen LogP contribution in [0.3, 0.4) is 0 Å². The van der Waals surface area contributed by atoms with E-state index in [2.05, 4.69) is 5.10 Å². The number of piperidine rings is 1. The molecule has 118 valence electrons. The summed E-state index contributed by atoms with van der Waals surface area (Å²) in [6, 6.07) is 14.4. The maximum Gasteiger partial charge on any atom is 0.264 e. The van der Waals surface area contributed by atoms with Crippen molar-refractivity contribution in [2.45, 2.75) is 19.3 Å². The Kier molecular flexibility index (Phi) is 3.71. The minimum Gasteiger partial charge on any atom is -0.383 e. The summed E-state index contributed by atoms with van der Waals surface area (Å²) in [7, 11) is 0. The normalized spacial score (nSPS) is 15.9. The van der Waals surface area contributed by atoms with E-state index in [1.807, 2.05) is 29.3 Å². The molecule has 0 N–H and O–H groups in total. The van der Waals surface area contributed by atoms with Crippen molar-refractivity contribution in [2.75, 3.05) is 13.1 Å². The Morgan fingerprint density at radius 3 is 2.48 bits per heavy atom. The van der Waals surface area contributed by atoms with Crippen LogP contribution >= 0.6 is 0 Å². The van der Waals surface area contributed by atoms with Crippen LogP contribution in [0.1, 0.15) is 19.3 Å². The quantitative estimate of drug-likeness (QED) is 0.734. The molecule has 0 radical (unpaired) electrons. The van der Waals surface area contributed by atoms with E-state index >= 15 is 0 Å². The second-order valence-electron chi connectivity index (χ2n) is 5.77. The summed E-state index contributed by atoms with van der Waals surface area (Å²) < 4.78 is 15.8. The molecule has 1 saturated heterocycles. The molecule has 1 aliphatic rings. The van der Waals surface area contributed by atoms with Gasteiger partial charge >= 0.3 is 0 Å². The third-order valence-electron chi connectivity index (χ3n) is 4.16. The second-order valence-corrected chi connectivity index (χ2v) is 5.77. The summed E-state index contributed by atoms with van der Waals surface area (Å²) in [6.07, 6.45) is 3.50. The average molecular weight is 311 g/mol. The maximum absolute atomic E-state index is 14.2. The van der Waals surface area contributed by atoms with Crippen molar-refractivity contribution in [1.29, 1.82) is 0 Å². The Balaban J connectivity index is 1.78. The molecule has 2 heterocycles. The lowest BCUT2D eigenvalue weighted by Gasteiger charge is -2.24. The number of halogens is 1. The monoisotopic (exact) mass is 311 g/mol. The number of nitrogens with zero attached hydrogens (tertiary/aromatic N) is 3. The number of para-hydroxylation sites is 2. The molecule has 3 aromatic rings. The Labute approximate surface area is 134 Å². The van der Waals surface area contributed by atoms with Gasteiger partial charge in [-0.3, -0.25) is 0 Å². The molecule has 0 unspecified atom stereocenters. The van der Waals surface area contributed by atoms with E-state index in [0.717, 1.165) is 36.8 Å². The predicted octanol–water partition coefficient (Wildman–Crippen LogP) is 3.94. The smallest absolute Gasteiger partial charge is 0.264 e. The van der Waals surface area contributed by atoms with Crippen LogP contribution in [-0.4, -0.2) is 27.9 Å². The molecule has 4 rings (SSSR count). The molecule has 0 saturated carbocycles. The van der Waals surface area contributed by atoms with Crippen LogP contribution < -0.4 is 4.84 Å². The zero-order chi connectivity index (χ0) is 15.6. The largest absolute Gasteiger partial charge is 0.383 e. The van der Waals surface area contributed by atoms with Crippen LogP contribution in [-0.2, 0) is 0 Å². The predicted molar refractivity (Wildman–Crippen MR) is 87.1 cm³/mol. The van der Waals surface area contributed by atoms with Gasteiger partial charge in [-0.1, -0.05) is 30.7 Å². The van der Waals surface area contributed by atoms with Crippen molar-refractivity contribution in [1.82, 2.24) is 14.8 Å². The van der Waals surface area contributed by atoms with Crippen molar-refractivity contribution in [3.05, 3.63) is 54.3 Å². The fraction of sp³-hybridized carbons (Fsp3) is 0.278. The highest BCUT2D eigenvalue weighted by Gasteiger charge is 2.19. The summed E-state index contributed by atoms with van der Waals surface area (Å²) in [5.74, 6) is 0.232. The van der Waals surface area contributed by atoms with E-state index in [4.69, 9.17) is 4.84 Å². The number of aromatic nitrogens is 2. The van der Waals surface area contributed by atoms with Crippen molar-refractivity contribution in [3.8, 4) is 11.6 Å². The summed E-state index contributed by atoms with van der Waals surface area (Å²) in [5, 5.41) is 7.37. The lowest BCUT2D eigenvalue weighted by Crippen LogP contribution is -2.33. The molecule has 1 aliphatic heterocycles. The number of hydrogen-bond donors (Lipinski definition) is 0. The van der Waals surface area contributed by atoms with Crippen LogP contribution in [0.2, 0.25) is 0 Å². The molecule has 23 heavy (non-hydrogen) atoms. The fourth-order valence-electron chi connectivity index (χ4n) is 2.99. The number of hydroxylamine groups is 2. The SMILES string of the molecule is Fc1ccccc1-n1nc(ON2CCCCC2)c2ccccc21. The first-order chi connectivity index (χ1) is 11.3. The summed E-state index contributed by atoms with van der Waals surface area (Å²) in [6.45, 7) is 1.81. The zero-order valence-electron chi connectivity index (χ0n) is 12.8. The number of fused-ring (bicyclic) bond motifs is 1. The van der Waals surface area contributed by atoms with Gasteiger partial charge in [0, 0.05) is 13.1 Å². The molecule has 0 bridgehead atoms. The Bertz CT molecular complexity index is 824. The van der Waals surface area contributed by atoms with E-state index in [1.165, 1.54) is 12.5 Å². The fourth-order valence-corrected chi connectivity index (χ4v) is 2.99. The third-order valence-corrected chi connectivity index (χ3v) is 4.16. The summed E-state index contributed by atoms with van der Waals surface area (Å²) in [4.78, 5) is 5.99. The topological polar surface area (TPSA) is 30.3 Å². The van der Waals surface area contributed by atoms with Gasteiger partial charge in [0.15, 0.2) is 0 Å². The molecule has 0 amide bonds. The second kappa shape index (κ2) is 6.01. The lowest BCUT2D eigenvalue weighted by atomic mass is 10.2. The van der Waals surface area contributed by atoms with Crippen molar-refractivity contribution in [3.63, 3.8) is 0 Å². The van der Waals surface area contributed by atoms with Gasteiger partial charge in [-0.15, -0.1) is 10.2 Å². The molecule has 0 atom stereocenters. The van der Waals surface area contributed by atoms with E-state index in [0.29, 0.717) is 11.6 Å². The highest BCUT2D eigenvalue weighted by molar-refractivity contribution is 5.85. The summed E-state index contributed by atoms with van der Waals surface area (Å²) >= 11 is 0. The minimum atomic E-state index is -0.301. The molecule has 1 fully saturated rings. The van der Waals surface area contributed by atoms with Gasteiger partial charge in [-0.05, 0) is 37.1 Å². The molecule has 5 heteroatoms. The van der Waals surface area contributed by atoms with Crippen molar-refractivity contribution < 1.29 is 9.23 Å². The number of benzene rings is 2. The highest BCUT2D eigenvalue weighted by Crippen LogP contribution is 2.29. The van der Waals surface area contributed by atoms with Gasteiger partial charge in [0.1, 0.15) is 11.5 Å². The van der Waals surface area contributed by atoms with Gasteiger partial charge in [-0.25, -0.2) is 9.07 Å². The Hall–Kier alpha value is -2.40. The van der Waals surface area contributed by atoms with Crippen LogP contribution in [0.5, 0.6) is 5.88 Å². The molecule has 4 nitrogen and oxygen atoms in total. The molecular weight excluding hydrogens is 293 g/mol. The first-order valence-corrected chi connectivity index (χ1v) is 7.98. The minimum absolute atomic E-state index is 0.301. The van der Waals surface area contributed by atoms with E-state index in [-0.39, 0.29) is 5.82 Å². The molecule has 2 aromatic carbocycles. The van der Waals surface area contributed by atoms with Crippen LogP contribution in [0.25, 0.3) is 16.6 Å². The first kappa shape index (κ1) is 14.2. The standard InChI is InChI=1S/C18H18FN3O/c19-15-9-3-5-11-17(15)22-16-10-4-2-8-14(16)18(20-22)23-21-12-6-1-7-13-21/h2-5,8-11H,1,6-7,12-13H2. The van der Waals surface area contributed by atoms with Gasteiger partial charge < -0.3 is 4.84 Å². The highest BCUT2D eigenvalue weighted by atomic mass is 19.1. The van der Waals surface area contributed by atoms with E-state index in [1.54, 1.807) is 22.9 Å². The molecule has 1 aromatic heterocycles. The maximum atomic E-state index is 14.2. The molecular formula is C18H18FN3O. The average Bonchev–Trinajstić information content (AvgIpc) is 2.95. The number of hydrogen-bond acceptors (Lipinski definition) is 3. The first-order valence-electron chi connectivity index (χ1n) is 7.98. The van der Waals surface area contributed by atoms with E-state index in [9.17, 15) is 4.39 Å². The Morgan fingerprint density at radius 2 is 1.65 bits per heavy atom. The van der Waals surface area contributed by atoms with Crippen molar-refractivity contribution >= 4 is 10.9 Å².